The Labute approximate surface area is 204 Å². The Morgan fingerprint density at radius 1 is 1.06 bits per heavy atom. The molecule has 3 aromatic rings. The second kappa shape index (κ2) is 8.10. The highest BCUT2D eigenvalue weighted by Crippen LogP contribution is 2.47. The predicted octanol–water partition coefficient (Wildman–Crippen LogP) is 4.89. The number of anilines is 2. The third kappa shape index (κ3) is 3.77. The van der Waals surface area contributed by atoms with Crippen LogP contribution in [-0.4, -0.2) is 43.4 Å². The highest BCUT2D eigenvalue weighted by atomic mass is 32.2. The van der Waals surface area contributed by atoms with Crippen LogP contribution in [-0.2, 0) is 16.6 Å². The van der Waals surface area contributed by atoms with Crippen molar-refractivity contribution in [2.24, 2.45) is 5.92 Å². The summed E-state index contributed by atoms with van der Waals surface area (Å²) in [6, 6.07) is 18.0. The maximum absolute atomic E-state index is 14.0. The monoisotopic (exact) mass is 490 g/mol. The number of nitrogens with zero attached hydrogens (tertiary/aromatic N) is 2. The Morgan fingerprint density at radius 2 is 1.83 bits per heavy atom. The van der Waals surface area contributed by atoms with E-state index >= 15 is 0 Å². The van der Waals surface area contributed by atoms with E-state index in [0.29, 0.717) is 41.6 Å². The first-order valence-electron chi connectivity index (χ1n) is 11.8. The van der Waals surface area contributed by atoms with Crippen LogP contribution in [0.2, 0.25) is 0 Å². The van der Waals surface area contributed by atoms with Gasteiger partial charge in [0.2, 0.25) is 10.0 Å². The molecule has 0 saturated heterocycles. The van der Waals surface area contributed by atoms with Gasteiger partial charge in [0, 0.05) is 37.0 Å². The molecule has 180 valence electrons. The Bertz CT molecular complexity index is 1430. The van der Waals surface area contributed by atoms with Gasteiger partial charge in [-0.25, -0.2) is 13.2 Å². The summed E-state index contributed by atoms with van der Waals surface area (Å²) in [5.74, 6) is 0.0914. The van der Waals surface area contributed by atoms with Crippen LogP contribution in [0.25, 0.3) is 11.1 Å². The van der Waals surface area contributed by atoms with Crippen LogP contribution in [0, 0.1) is 5.92 Å². The molecule has 3 aromatic carbocycles. The Kier molecular flexibility index (Phi) is 5.12. The number of benzene rings is 3. The highest BCUT2D eigenvalue weighted by molar-refractivity contribution is 7.89. The van der Waals surface area contributed by atoms with Crippen molar-refractivity contribution in [1.29, 1.82) is 0 Å². The van der Waals surface area contributed by atoms with Gasteiger partial charge in [-0.1, -0.05) is 37.1 Å². The summed E-state index contributed by atoms with van der Waals surface area (Å²) in [7, 11) is -2.13. The van der Waals surface area contributed by atoms with Gasteiger partial charge in [-0.05, 0) is 53.8 Å². The lowest BCUT2D eigenvalue weighted by molar-refractivity contribution is 0.0697. The number of para-hydroxylation sites is 1. The Hall–Kier alpha value is -3.36. The smallest absolute Gasteiger partial charge is 0.335 e. The van der Waals surface area contributed by atoms with Gasteiger partial charge in [0.05, 0.1) is 11.3 Å². The average Bonchev–Trinajstić information content (AvgIpc) is 3.69. The standard InChI is InChI=1S/C27H26N2O5S/c1-28-21(11-17-7-8-17)15-29(20-5-3-2-4-6-20)24-14-25-23(13-26(24)35(28,32)33)22-12-18(27(30)31)9-10-19(22)16-34-25/h2-6,9-10,12-14,17,21H,7-8,11,15-16H2,1H3,(H,30,31). The van der Waals surface area contributed by atoms with E-state index in [4.69, 9.17) is 4.74 Å². The van der Waals surface area contributed by atoms with Gasteiger partial charge >= 0.3 is 5.97 Å². The summed E-state index contributed by atoms with van der Waals surface area (Å²) in [5, 5.41) is 9.51. The van der Waals surface area contributed by atoms with Gasteiger partial charge in [0.1, 0.15) is 17.3 Å². The fourth-order valence-corrected chi connectivity index (χ4v) is 6.68. The van der Waals surface area contributed by atoms with Crippen LogP contribution in [0.5, 0.6) is 5.75 Å². The number of fused-ring (bicyclic) bond motifs is 4. The van der Waals surface area contributed by atoms with Crippen LogP contribution in [0.3, 0.4) is 0 Å². The predicted molar refractivity (Wildman–Crippen MR) is 133 cm³/mol. The van der Waals surface area contributed by atoms with Gasteiger partial charge < -0.3 is 14.7 Å². The van der Waals surface area contributed by atoms with Crippen molar-refractivity contribution in [2.75, 3.05) is 18.5 Å². The lowest BCUT2D eigenvalue weighted by Gasteiger charge is -2.30. The van der Waals surface area contributed by atoms with Gasteiger partial charge in [-0.2, -0.15) is 4.31 Å². The molecule has 0 amide bonds. The second-order valence-electron chi connectivity index (χ2n) is 9.58. The van der Waals surface area contributed by atoms with Crippen molar-refractivity contribution in [3.63, 3.8) is 0 Å². The zero-order valence-electron chi connectivity index (χ0n) is 19.3. The number of aromatic carboxylic acids is 1. The van der Waals surface area contributed by atoms with Crippen molar-refractivity contribution in [3.8, 4) is 16.9 Å². The third-order valence-electron chi connectivity index (χ3n) is 7.32. The summed E-state index contributed by atoms with van der Waals surface area (Å²) in [6.07, 6.45) is 3.12. The molecule has 1 saturated carbocycles. The number of rotatable bonds is 4. The largest absolute Gasteiger partial charge is 0.488 e. The number of hydrogen-bond donors (Lipinski definition) is 1. The second-order valence-corrected chi connectivity index (χ2v) is 11.5. The SMILES string of the molecule is CN1C(CC2CC2)CN(c2ccccc2)c2cc3c(cc2S1(=O)=O)-c1cc(C(=O)O)ccc1CO3. The summed E-state index contributed by atoms with van der Waals surface area (Å²) < 4.78 is 35.5. The molecule has 2 heterocycles. The van der Waals surface area contributed by atoms with Gasteiger partial charge in [0.15, 0.2) is 0 Å². The van der Waals surface area contributed by atoms with E-state index in [1.807, 2.05) is 30.3 Å². The number of ether oxygens (including phenoxy) is 1. The summed E-state index contributed by atoms with van der Waals surface area (Å²) in [4.78, 5) is 13.9. The van der Waals surface area contributed by atoms with E-state index in [1.165, 1.54) is 4.31 Å². The first-order chi connectivity index (χ1) is 16.8. The molecule has 1 atom stereocenters. The molecule has 0 spiro atoms. The molecule has 1 fully saturated rings. The molecule has 2 aliphatic heterocycles. The lowest BCUT2D eigenvalue weighted by atomic mass is 9.94. The molecule has 0 bridgehead atoms. The highest BCUT2D eigenvalue weighted by Gasteiger charge is 2.40. The molecule has 1 aliphatic carbocycles. The van der Waals surface area contributed by atoms with E-state index in [-0.39, 0.29) is 16.5 Å². The summed E-state index contributed by atoms with van der Waals surface area (Å²) in [6.45, 7) is 0.838. The number of likely N-dealkylation sites (N-methyl/N-ethyl adjacent to an activating group) is 1. The zero-order valence-corrected chi connectivity index (χ0v) is 20.2. The fraction of sp³-hybridized carbons (Fsp3) is 0.296. The molecule has 6 rings (SSSR count). The van der Waals surface area contributed by atoms with E-state index in [9.17, 15) is 18.3 Å². The Balaban J connectivity index is 1.57. The van der Waals surface area contributed by atoms with Crippen LogP contribution in [0.4, 0.5) is 11.4 Å². The molecule has 0 aromatic heterocycles. The molecule has 1 unspecified atom stereocenters. The number of sulfonamides is 1. The van der Waals surface area contributed by atoms with Crippen molar-refractivity contribution in [3.05, 3.63) is 71.8 Å². The van der Waals surface area contributed by atoms with Crippen LogP contribution in [0.15, 0.2) is 65.6 Å². The lowest BCUT2D eigenvalue weighted by Crippen LogP contribution is -2.41. The van der Waals surface area contributed by atoms with Gasteiger partial charge in [-0.15, -0.1) is 0 Å². The molecule has 8 heteroatoms. The number of carboxylic acid groups (broad SMARTS) is 1. The zero-order chi connectivity index (χ0) is 24.3. The van der Waals surface area contributed by atoms with E-state index in [1.54, 1.807) is 37.4 Å². The van der Waals surface area contributed by atoms with E-state index < -0.39 is 16.0 Å². The normalized spacial score (nSPS) is 20.7. The van der Waals surface area contributed by atoms with Crippen molar-refractivity contribution in [1.82, 2.24) is 4.31 Å². The first kappa shape index (κ1) is 22.1. The number of carbonyl (C=O) groups is 1. The van der Waals surface area contributed by atoms with Crippen molar-refractivity contribution >= 4 is 27.4 Å². The van der Waals surface area contributed by atoms with Crippen LogP contribution >= 0.6 is 0 Å². The first-order valence-corrected chi connectivity index (χ1v) is 13.2. The van der Waals surface area contributed by atoms with Crippen LogP contribution in [0.1, 0.15) is 35.2 Å². The van der Waals surface area contributed by atoms with Crippen molar-refractivity contribution < 1.29 is 23.1 Å². The third-order valence-corrected chi connectivity index (χ3v) is 9.26. The van der Waals surface area contributed by atoms with Crippen molar-refractivity contribution in [2.45, 2.75) is 36.8 Å². The molecule has 35 heavy (non-hydrogen) atoms. The topological polar surface area (TPSA) is 87.2 Å². The quantitative estimate of drug-likeness (QED) is 0.561. The molecular weight excluding hydrogens is 464 g/mol. The maximum atomic E-state index is 14.0. The number of carboxylic acids is 1. The minimum atomic E-state index is -3.81. The molecule has 3 aliphatic rings. The Morgan fingerprint density at radius 3 is 2.54 bits per heavy atom. The van der Waals surface area contributed by atoms with Gasteiger partial charge in [0.25, 0.3) is 0 Å². The minimum absolute atomic E-state index is 0.155. The summed E-state index contributed by atoms with van der Waals surface area (Å²) >= 11 is 0. The maximum Gasteiger partial charge on any atom is 0.335 e. The van der Waals surface area contributed by atoms with Gasteiger partial charge in [-0.3, -0.25) is 0 Å². The number of hydrogen-bond acceptors (Lipinski definition) is 5. The molecule has 0 radical (unpaired) electrons. The summed E-state index contributed by atoms with van der Waals surface area (Å²) in [5.41, 5.74) is 3.77. The molecular formula is C27H26N2O5S. The molecule has 1 N–H and O–H groups in total. The van der Waals surface area contributed by atoms with E-state index in [2.05, 4.69) is 4.90 Å². The fourth-order valence-electron chi connectivity index (χ4n) is 5.13. The molecule has 7 nitrogen and oxygen atoms in total. The van der Waals surface area contributed by atoms with E-state index in [0.717, 1.165) is 30.5 Å². The average molecular weight is 491 g/mol. The van der Waals surface area contributed by atoms with Crippen LogP contribution < -0.4 is 9.64 Å². The minimum Gasteiger partial charge on any atom is -0.488 e.